The fourth-order valence-electron chi connectivity index (χ4n) is 4.64. The fraction of sp³-hybridized carbons (Fsp3) is 0.409. The lowest BCUT2D eigenvalue weighted by Gasteiger charge is -2.43. The standard InChI is InChI=1S/C14H11N5O2S.C8H15N/c1-10-2-4-11(5-3-10)22(20,21)19-7-6-12-14(19)15-8-13-17-16-9-18(12)13;9-8-4-1-7(2-5-8)3-6-8/h2-9H,1H3;7H,1-6,9H2. The largest absolute Gasteiger partial charge is 0.325 e. The van der Waals surface area contributed by atoms with E-state index >= 15 is 0 Å². The zero-order chi connectivity index (χ0) is 21.6. The zero-order valence-corrected chi connectivity index (χ0v) is 18.3. The van der Waals surface area contributed by atoms with Gasteiger partial charge in [0.1, 0.15) is 6.33 Å². The third-order valence-corrected chi connectivity index (χ3v) is 8.35. The summed E-state index contributed by atoms with van der Waals surface area (Å²) in [5.74, 6) is 1.05. The molecule has 0 radical (unpaired) electrons. The summed E-state index contributed by atoms with van der Waals surface area (Å²) >= 11 is 0. The summed E-state index contributed by atoms with van der Waals surface area (Å²) in [7, 11) is -3.69. The van der Waals surface area contributed by atoms with Gasteiger partial charge in [-0.15, -0.1) is 10.2 Å². The molecule has 3 aliphatic rings. The summed E-state index contributed by atoms with van der Waals surface area (Å²) in [4.78, 5) is 4.43. The minimum atomic E-state index is -3.69. The number of rotatable bonds is 2. The zero-order valence-electron chi connectivity index (χ0n) is 17.5. The molecule has 9 heteroatoms. The molecule has 3 aromatic heterocycles. The number of benzene rings is 1. The van der Waals surface area contributed by atoms with E-state index in [0.717, 1.165) is 11.5 Å². The van der Waals surface area contributed by atoms with Crippen LogP contribution in [0.15, 0.2) is 53.9 Å². The van der Waals surface area contributed by atoms with E-state index < -0.39 is 10.0 Å². The number of nitrogens with two attached hydrogens (primary N) is 1. The Morgan fingerprint density at radius 1 is 1.06 bits per heavy atom. The first-order valence-corrected chi connectivity index (χ1v) is 12.1. The van der Waals surface area contributed by atoms with E-state index in [2.05, 4.69) is 15.2 Å². The van der Waals surface area contributed by atoms with Crippen molar-refractivity contribution in [2.24, 2.45) is 11.7 Å². The summed E-state index contributed by atoms with van der Waals surface area (Å²) in [5, 5.41) is 7.70. The SMILES string of the molecule is Cc1ccc(S(=O)(=O)n2ccc3c2ncc2nncn23)cc1.NC12CCC(CC1)CC2. The normalized spacial score (nSPS) is 23.1. The van der Waals surface area contributed by atoms with Crippen LogP contribution >= 0.6 is 0 Å². The molecule has 0 unspecified atom stereocenters. The minimum absolute atomic E-state index is 0.223. The Hall–Kier alpha value is -2.78. The van der Waals surface area contributed by atoms with Gasteiger partial charge >= 0.3 is 0 Å². The van der Waals surface area contributed by atoms with E-state index in [1.54, 1.807) is 34.7 Å². The second-order valence-electron chi connectivity index (χ2n) is 8.80. The van der Waals surface area contributed by atoms with Crippen LogP contribution < -0.4 is 5.73 Å². The molecule has 3 heterocycles. The highest BCUT2D eigenvalue weighted by molar-refractivity contribution is 7.90. The molecule has 162 valence electrons. The van der Waals surface area contributed by atoms with E-state index in [0.29, 0.717) is 16.8 Å². The van der Waals surface area contributed by atoms with Crippen molar-refractivity contribution in [3.63, 3.8) is 0 Å². The molecule has 31 heavy (non-hydrogen) atoms. The number of nitrogens with zero attached hydrogens (tertiary/aromatic N) is 5. The first-order valence-electron chi connectivity index (χ1n) is 10.6. The minimum Gasteiger partial charge on any atom is -0.325 e. The van der Waals surface area contributed by atoms with Gasteiger partial charge in [-0.2, -0.15) is 0 Å². The molecule has 3 aliphatic carbocycles. The second-order valence-corrected chi connectivity index (χ2v) is 10.6. The number of aromatic nitrogens is 5. The molecular formula is C22H26N6O2S. The van der Waals surface area contributed by atoms with Crippen LogP contribution in [0.5, 0.6) is 0 Å². The summed E-state index contributed by atoms with van der Waals surface area (Å²) in [6.45, 7) is 1.91. The molecule has 8 nitrogen and oxygen atoms in total. The maximum absolute atomic E-state index is 12.8. The fourth-order valence-corrected chi connectivity index (χ4v) is 5.94. The van der Waals surface area contributed by atoms with Crippen molar-refractivity contribution < 1.29 is 8.42 Å². The van der Waals surface area contributed by atoms with Crippen LogP contribution in [-0.2, 0) is 10.0 Å². The van der Waals surface area contributed by atoms with Gasteiger partial charge < -0.3 is 5.73 Å². The van der Waals surface area contributed by atoms with Crippen LogP contribution in [0, 0.1) is 12.8 Å². The second kappa shape index (κ2) is 7.42. The van der Waals surface area contributed by atoms with Gasteiger partial charge in [0.05, 0.1) is 16.6 Å². The van der Waals surface area contributed by atoms with Gasteiger partial charge in [0.2, 0.25) is 0 Å². The van der Waals surface area contributed by atoms with Gasteiger partial charge in [-0.1, -0.05) is 17.7 Å². The molecule has 2 bridgehead atoms. The highest BCUT2D eigenvalue weighted by atomic mass is 32.2. The van der Waals surface area contributed by atoms with Crippen LogP contribution in [0.2, 0.25) is 0 Å². The summed E-state index contributed by atoms with van der Waals surface area (Å²) in [6, 6.07) is 8.40. The predicted octanol–water partition coefficient (Wildman–Crippen LogP) is 3.29. The third kappa shape index (κ3) is 3.61. The number of fused-ring (bicyclic) bond motifs is 6. The van der Waals surface area contributed by atoms with Crippen molar-refractivity contribution in [1.82, 2.24) is 23.6 Å². The number of hydrogen-bond donors (Lipinski definition) is 1. The average molecular weight is 439 g/mol. The monoisotopic (exact) mass is 438 g/mol. The molecule has 0 amide bonds. The molecule has 0 spiro atoms. The van der Waals surface area contributed by atoms with Crippen LogP contribution in [0.25, 0.3) is 16.8 Å². The highest BCUT2D eigenvalue weighted by Gasteiger charge is 2.36. The molecule has 3 fully saturated rings. The van der Waals surface area contributed by atoms with Crippen molar-refractivity contribution in [2.75, 3.05) is 0 Å². The first-order chi connectivity index (χ1) is 14.9. The quantitative estimate of drug-likeness (QED) is 0.514. The lowest BCUT2D eigenvalue weighted by Crippen LogP contribution is -2.47. The average Bonchev–Trinajstić information content (AvgIpc) is 3.42. The van der Waals surface area contributed by atoms with Gasteiger partial charge in [0.25, 0.3) is 10.0 Å². The van der Waals surface area contributed by atoms with E-state index in [9.17, 15) is 8.42 Å². The van der Waals surface area contributed by atoms with Crippen molar-refractivity contribution in [3.05, 3.63) is 54.6 Å². The van der Waals surface area contributed by atoms with Gasteiger partial charge in [-0.25, -0.2) is 17.4 Å². The molecule has 0 atom stereocenters. The van der Waals surface area contributed by atoms with Gasteiger partial charge in [0, 0.05) is 11.7 Å². The lowest BCUT2D eigenvalue weighted by molar-refractivity contribution is 0.141. The Balaban J connectivity index is 0.000000189. The number of aryl methyl sites for hydroxylation is 1. The van der Waals surface area contributed by atoms with Gasteiger partial charge in [-0.3, -0.25) is 4.40 Å². The van der Waals surface area contributed by atoms with Gasteiger partial charge in [0.15, 0.2) is 11.3 Å². The summed E-state index contributed by atoms with van der Waals surface area (Å²) < 4.78 is 28.4. The number of hydrogen-bond acceptors (Lipinski definition) is 6. The van der Waals surface area contributed by atoms with E-state index in [1.807, 2.05) is 6.92 Å². The highest BCUT2D eigenvalue weighted by Crippen LogP contribution is 2.42. The Kier molecular flexibility index (Phi) is 4.82. The molecule has 7 rings (SSSR count). The smallest absolute Gasteiger partial charge is 0.269 e. The molecule has 0 aliphatic heterocycles. The van der Waals surface area contributed by atoms with Crippen LogP contribution in [0.3, 0.4) is 0 Å². The van der Waals surface area contributed by atoms with Crippen molar-refractivity contribution in [1.29, 1.82) is 0 Å². The summed E-state index contributed by atoms with van der Waals surface area (Å²) in [6.07, 6.45) is 12.7. The van der Waals surface area contributed by atoms with Crippen molar-refractivity contribution in [2.45, 2.75) is 55.9 Å². The van der Waals surface area contributed by atoms with Crippen molar-refractivity contribution >= 4 is 26.8 Å². The van der Waals surface area contributed by atoms with E-state index in [4.69, 9.17) is 5.73 Å². The first kappa shape index (κ1) is 20.1. The van der Waals surface area contributed by atoms with E-state index in [1.165, 1.54) is 61.2 Å². The van der Waals surface area contributed by atoms with Crippen LogP contribution in [0.4, 0.5) is 0 Å². The molecular weight excluding hydrogens is 412 g/mol. The van der Waals surface area contributed by atoms with Crippen LogP contribution in [-0.4, -0.2) is 37.5 Å². The summed E-state index contributed by atoms with van der Waals surface area (Å²) in [5.41, 5.74) is 8.93. The Morgan fingerprint density at radius 3 is 2.35 bits per heavy atom. The molecule has 3 saturated carbocycles. The van der Waals surface area contributed by atoms with Crippen LogP contribution in [0.1, 0.15) is 44.1 Å². The maximum atomic E-state index is 12.8. The molecule has 2 N–H and O–H groups in total. The molecule has 0 saturated heterocycles. The van der Waals surface area contributed by atoms with E-state index in [-0.39, 0.29) is 10.4 Å². The molecule has 4 aromatic rings. The maximum Gasteiger partial charge on any atom is 0.269 e. The van der Waals surface area contributed by atoms with Gasteiger partial charge in [-0.05, 0) is 69.6 Å². The Morgan fingerprint density at radius 2 is 1.74 bits per heavy atom. The lowest BCUT2D eigenvalue weighted by atomic mass is 9.66. The predicted molar refractivity (Wildman–Crippen MR) is 118 cm³/mol. The Labute approximate surface area is 181 Å². The third-order valence-electron chi connectivity index (χ3n) is 6.67. The Bertz CT molecular complexity index is 1320. The topological polar surface area (TPSA) is 108 Å². The van der Waals surface area contributed by atoms with Crippen molar-refractivity contribution in [3.8, 4) is 0 Å². The molecule has 1 aromatic carbocycles.